The van der Waals surface area contributed by atoms with Crippen LogP contribution >= 0.6 is 84.7 Å². The molecule has 0 atom stereocenters. The Bertz CT molecular complexity index is 526. The predicted molar refractivity (Wildman–Crippen MR) is 178 cm³/mol. The van der Waals surface area contributed by atoms with Crippen molar-refractivity contribution in [3.05, 3.63) is 0 Å². The van der Waals surface area contributed by atoms with Crippen molar-refractivity contribution >= 4 is 115 Å². The molecule has 192 valence electrons. The normalized spacial score (nSPS) is 11.2. The van der Waals surface area contributed by atoms with Crippen molar-refractivity contribution in [2.45, 2.75) is 55.4 Å². The van der Waals surface area contributed by atoms with Crippen LogP contribution in [0.25, 0.3) is 0 Å². The zero-order valence-electron chi connectivity index (χ0n) is 21.2. The Labute approximate surface area is 239 Å². The molecule has 0 radical (unpaired) electrons. The fourth-order valence-corrected chi connectivity index (χ4v) is 67.2. The first-order valence-electron chi connectivity index (χ1n) is 11.5. The summed E-state index contributed by atoms with van der Waals surface area (Å²) in [6.45, 7) is 24.4. The average molecular weight is 712 g/mol. The van der Waals surface area contributed by atoms with Crippen LogP contribution in [0.4, 0.5) is 0 Å². The van der Waals surface area contributed by atoms with Crippen LogP contribution in [0.15, 0.2) is 0 Å². The number of thiocarbonyl (C=S) groups is 4. The quantitative estimate of drug-likeness (QED) is 0.155. The molecule has 0 amide bonds. The van der Waals surface area contributed by atoms with E-state index in [1.54, 1.807) is 0 Å². The van der Waals surface area contributed by atoms with Crippen molar-refractivity contribution in [1.82, 2.24) is 19.6 Å². The monoisotopic (exact) mass is 712 g/mol. The summed E-state index contributed by atoms with van der Waals surface area (Å²) in [5.74, 6) is 0. The first-order valence-corrected chi connectivity index (χ1v) is 30.4. The maximum absolute atomic E-state index is 5.98. The minimum absolute atomic E-state index is 0.895. The molecule has 0 heterocycles. The van der Waals surface area contributed by atoms with Crippen LogP contribution in [-0.4, -0.2) is 102 Å². The predicted octanol–water partition coefficient (Wildman–Crippen LogP) is 6.86. The summed E-state index contributed by atoms with van der Waals surface area (Å²) in [6, 6.07) is 0. The van der Waals surface area contributed by atoms with E-state index in [4.69, 9.17) is 48.9 Å². The topological polar surface area (TPSA) is 13.0 Å². The summed E-state index contributed by atoms with van der Waals surface area (Å²) in [7, 11) is 7.45. The maximum atomic E-state index is 5.98. The van der Waals surface area contributed by atoms with Gasteiger partial charge in [-0.05, 0) is 0 Å². The van der Waals surface area contributed by atoms with Crippen LogP contribution in [0.2, 0.25) is 0 Å². The fraction of sp³-hybridized carbons (Fsp3) is 0.800. The standard InChI is InChI=1S/4C5H11NS2.Sn/c4*1-3-6(4-2)5(7)8;/h4*3-4H2,1-2H3,(H,7,8);/q;;;;+4/p-4. The Balaban J connectivity index is 6.44. The number of hydrogen-bond acceptors (Lipinski definition) is 8. The van der Waals surface area contributed by atoms with Crippen molar-refractivity contribution in [3.63, 3.8) is 0 Å². The first-order chi connectivity index (χ1) is 15.6. The van der Waals surface area contributed by atoms with Gasteiger partial charge in [0.15, 0.2) is 0 Å². The van der Waals surface area contributed by atoms with E-state index in [-0.39, 0.29) is 0 Å². The minimum atomic E-state index is -3.49. The molecule has 0 aromatic carbocycles. The van der Waals surface area contributed by atoms with E-state index >= 15 is 0 Å². The molecule has 0 aliphatic rings. The molecule has 0 aromatic rings. The van der Waals surface area contributed by atoms with E-state index in [1.807, 2.05) is 35.8 Å². The molecule has 0 bridgehead atoms. The zero-order chi connectivity index (χ0) is 25.6. The van der Waals surface area contributed by atoms with Crippen molar-refractivity contribution in [3.8, 4) is 0 Å². The summed E-state index contributed by atoms with van der Waals surface area (Å²) in [5.41, 5.74) is 0. The van der Waals surface area contributed by atoms with Crippen LogP contribution in [-0.2, 0) is 0 Å². The molecule has 0 saturated heterocycles. The van der Waals surface area contributed by atoms with Crippen LogP contribution in [0.3, 0.4) is 0 Å². The second kappa shape index (κ2) is 18.9. The van der Waals surface area contributed by atoms with E-state index in [9.17, 15) is 0 Å². The fourth-order valence-electron chi connectivity index (χ4n) is 2.74. The molecule has 13 heteroatoms. The molecule has 0 saturated carbocycles. The second-order valence-corrected chi connectivity index (χ2v) is 48.3. The summed E-state index contributed by atoms with van der Waals surface area (Å²) in [4.78, 5) is 9.03. The Morgan fingerprint density at radius 3 is 0.697 bits per heavy atom. The molecule has 0 spiro atoms. The van der Waals surface area contributed by atoms with E-state index < -0.39 is 12.8 Å². The van der Waals surface area contributed by atoms with E-state index in [2.05, 4.69) is 75.0 Å². The summed E-state index contributed by atoms with van der Waals surface area (Å²) < 4.78 is 3.76. The van der Waals surface area contributed by atoms with Crippen molar-refractivity contribution < 1.29 is 0 Å². The molecule has 4 nitrogen and oxygen atoms in total. The number of nitrogens with zero attached hydrogens (tertiary/aromatic N) is 4. The number of hydrogen-bond donors (Lipinski definition) is 0. The van der Waals surface area contributed by atoms with Crippen molar-refractivity contribution in [2.24, 2.45) is 0 Å². The number of rotatable bonds is 12. The van der Waals surface area contributed by atoms with E-state index in [0.29, 0.717) is 0 Å². The Morgan fingerprint density at radius 1 is 0.424 bits per heavy atom. The molecule has 0 aliphatic carbocycles. The van der Waals surface area contributed by atoms with Gasteiger partial charge in [0.05, 0.1) is 0 Å². The second-order valence-electron chi connectivity index (χ2n) is 6.66. The Morgan fingerprint density at radius 2 is 0.576 bits per heavy atom. The van der Waals surface area contributed by atoms with E-state index in [0.717, 1.165) is 69.6 Å². The van der Waals surface area contributed by atoms with Gasteiger partial charge < -0.3 is 0 Å². The zero-order valence-corrected chi connectivity index (χ0v) is 30.6. The molecule has 0 N–H and O–H groups in total. The SMILES string of the molecule is CCN(CC)C(=S)[S][Sn]([S]C(=S)N(CC)CC)([S]C(=S)N(CC)CC)[S]C(=S)N(CC)CC. The van der Waals surface area contributed by atoms with Crippen molar-refractivity contribution in [1.29, 1.82) is 0 Å². The van der Waals surface area contributed by atoms with Crippen LogP contribution < -0.4 is 0 Å². The van der Waals surface area contributed by atoms with Gasteiger partial charge in [0, 0.05) is 0 Å². The molecular formula is C20H40N4S8Sn. The van der Waals surface area contributed by atoms with Crippen LogP contribution in [0.5, 0.6) is 0 Å². The molecule has 33 heavy (non-hydrogen) atoms. The Hall–Kier alpha value is 1.76. The Kier molecular flexibility index (Phi) is 19.9. The molecule has 0 rings (SSSR count). The van der Waals surface area contributed by atoms with Gasteiger partial charge in [-0.1, -0.05) is 0 Å². The third kappa shape index (κ3) is 11.8. The van der Waals surface area contributed by atoms with Gasteiger partial charge >= 0.3 is 242 Å². The third-order valence-electron chi connectivity index (χ3n) is 4.94. The molecule has 0 fully saturated rings. The van der Waals surface area contributed by atoms with Crippen LogP contribution in [0.1, 0.15) is 55.4 Å². The van der Waals surface area contributed by atoms with Crippen molar-refractivity contribution in [2.75, 3.05) is 52.4 Å². The third-order valence-corrected chi connectivity index (χ3v) is 50.1. The molecule has 0 unspecified atom stereocenters. The summed E-state index contributed by atoms with van der Waals surface area (Å²) in [6.07, 6.45) is 0. The summed E-state index contributed by atoms with van der Waals surface area (Å²) in [5, 5.41) is 0. The first kappa shape index (κ1) is 34.8. The average Bonchev–Trinajstić information content (AvgIpc) is 2.76. The van der Waals surface area contributed by atoms with Crippen LogP contribution in [0, 0.1) is 0 Å². The van der Waals surface area contributed by atoms with E-state index in [1.165, 1.54) is 0 Å². The van der Waals surface area contributed by atoms with Gasteiger partial charge in [-0.2, -0.15) is 0 Å². The molecule has 0 aromatic heterocycles. The van der Waals surface area contributed by atoms with Gasteiger partial charge in [-0.25, -0.2) is 0 Å². The van der Waals surface area contributed by atoms with Gasteiger partial charge in [0.1, 0.15) is 0 Å². The van der Waals surface area contributed by atoms with Gasteiger partial charge in [-0.3, -0.25) is 0 Å². The molecular weight excluding hydrogens is 671 g/mol. The van der Waals surface area contributed by atoms with Gasteiger partial charge in [-0.15, -0.1) is 0 Å². The summed E-state index contributed by atoms with van der Waals surface area (Å²) >= 11 is 20.4. The van der Waals surface area contributed by atoms with Gasteiger partial charge in [0.25, 0.3) is 0 Å². The van der Waals surface area contributed by atoms with Gasteiger partial charge in [0.2, 0.25) is 0 Å². The molecule has 0 aliphatic heterocycles.